The highest BCUT2D eigenvalue weighted by Crippen LogP contribution is 2.41. The quantitative estimate of drug-likeness (QED) is 0.694. The number of hydrogen-bond donors (Lipinski definition) is 3. The molecule has 1 saturated carbocycles. The van der Waals surface area contributed by atoms with Gasteiger partial charge in [0.05, 0.1) is 22.7 Å². The summed E-state index contributed by atoms with van der Waals surface area (Å²) in [5, 5.41) is 2.54. The average molecular weight is 289 g/mol. The molecule has 0 spiro atoms. The summed E-state index contributed by atoms with van der Waals surface area (Å²) in [7, 11) is 0. The molecule has 1 aromatic heterocycles. The molecule has 1 heterocycles. The molecule has 19 heavy (non-hydrogen) atoms. The molecular formula is C11H13F2N3O2S. The Hall–Kier alpha value is -1.70. The Bertz CT molecular complexity index is 526. The number of hydrogen-bond acceptors (Lipinski definition) is 5. The number of nitrogens with two attached hydrogens (primary N) is 2. The predicted molar refractivity (Wildman–Crippen MR) is 68.8 cm³/mol. The first-order valence-corrected chi connectivity index (χ1v) is 6.51. The van der Waals surface area contributed by atoms with Crippen molar-refractivity contribution in [1.82, 2.24) is 0 Å². The lowest BCUT2D eigenvalue weighted by Gasteiger charge is -2.04. The van der Waals surface area contributed by atoms with Crippen LogP contribution in [0.25, 0.3) is 0 Å². The Kier molecular flexibility index (Phi) is 3.70. The van der Waals surface area contributed by atoms with E-state index < -0.39 is 18.9 Å². The number of carbonyl (C=O) groups excluding carboxylic acids is 2. The van der Waals surface area contributed by atoms with Gasteiger partial charge in [0.2, 0.25) is 0 Å². The maximum atomic E-state index is 12.2. The molecule has 1 amide bonds. The van der Waals surface area contributed by atoms with Crippen LogP contribution < -0.4 is 16.8 Å². The number of thiophene rings is 1. The van der Waals surface area contributed by atoms with Gasteiger partial charge in [-0.05, 0) is 12.8 Å². The van der Waals surface area contributed by atoms with E-state index in [4.69, 9.17) is 11.5 Å². The molecule has 5 nitrogen and oxygen atoms in total. The Balaban J connectivity index is 2.32. The summed E-state index contributed by atoms with van der Waals surface area (Å²) in [5.74, 6) is -1.04. The van der Waals surface area contributed by atoms with Gasteiger partial charge in [0.15, 0.2) is 5.78 Å². The largest absolute Gasteiger partial charge is 0.397 e. The molecular weight excluding hydrogens is 276 g/mol. The third kappa shape index (κ3) is 2.83. The van der Waals surface area contributed by atoms with E-state index in [1.165, 1.54) is 0 Å². The molecule has 0 unspecified atom stereocenters. The number of nitrogens with one attached hydrogen (secondary N) is 1. The lowest BCUT2D eigenvalue weighted by molar-refractivity contribution is 0.0972. The highest BCUT2D eigenvalue weighted by molar-refractivity contribution is 7.19. The number of Topliss-reactive ketones (excluding diaryl/α,β-unsaturated/α-hetero) is 1. The lowest BCUT2D eigenvalue weighted by Crippen LogP contribution is -2.17. The van der Waals surface area contributed by atoms with Crippen molar-refractivity contribution in [2.24, 2.45) is 11.7 Å². The van der Waals surface area contributed by atoms with Crippen molar-refractivity contribution in [3.05, 3.63) is 10.4 Å². The topological polar surface area (TPSA) is 98.2 Å². The molecule has 1 fully saturated rings. The van der Waals surface area contributed by atoms with Gasteiger partial charge >= 0.3 is 0 Å². The van der Waals surface area contributed by atoms with Crippen LogP contribution in [0.15, 0.2) is 0 Å². The van der Waals surface area contributed by atoms with E-state index in [-0.39, 0.29) is 32.8 Å². The van der Waals surface area contributed by atoms with Crippen molar-refractivity contribution < 1.29 is 18.4 Å². The number of primary amides is 1. The van der Waals surface area contributed by atoms with E-state index >= 15 is 0 Å². The Morgan fingerprint density at radius 1 is 1.42 bits per heavy atom. The third-order valence-electron chi connectivity index (χ3n) is 2.78. The molecule has 0 bridgehead atoms. The summed E-state index contributed by atoms with van der Waals surface area (Å²) in [6.45, 7) is -0.628. The van der Waals surface area contributed by atoms with Crippen LogP contribution in [0.1, 0.15) is 32.9 Å². The zero-order valence-electron chi connectivity index (χ0n) is 9.91. The van der Waals surface area contributed by atoms with Gasteiger partial charge < -0.3 is 16.8 Å². The van der Waals surface area contributed by atoms with E-state index in [0.29, 0.717) is 0 Å². The first kappa shape index (κ1) is 13.7. The molecule has 0 aliphatic heterocycles. The Morgan fingerprint density at radius 2 is 2.05 bits per heavy atom. The highest BCUT2D eigenvalue weighted by atomic mass is 32.1. The van der Waals surface area contributed by atoms with Crippen LogP contribution in [0.3, 0.4) is 0 Å². The number of rotatable bonds is 6. The fourth-order valence-electron chi connectivity index (χ4n) is 1.70. The maximum absolute atomic E-state index is 12.2. The maximum Gasteiger partial charge on any atom is 0.255 e. The summed E-state index contributed by atoms with van der Waals surface area (Å²) in [4.78, 5) is 23.5. The standard InChI is InChI=1S/C11H13F2N3O2S/c12-5(13)3-16-11-6(10(15)18)7(14)9(19-11)8(17)4-1-2-4/h4-5,16H,1-3,14H2,(H2,15,18). The normalized spacial score (nSPS) is 14.7. The molecule has 1 aromatic rings. The molecule has 8 heteroatoms. The highest BCUT2D eigenvalue weighted by Gasteiger charge is 2.34. The van der Waals surface area contributed by atoms with Crippen LogP contribution in [-0.2, 0) is 0 Å². The zero-order chi connectivity index (χ0) is 14.2. The smallest absolute Gasteiger partial charge is 0.255 e. The van der Waals surface area contributed by atoms with E-state index in [1.807, 2.05) is 0 Å². The Labute approximate surface area is 112 Å². The minimum atomic E-state index is -2.58. The first-order valence-electron chi connectivity index (χ1n) is 5.70. The SMILES string of the molecule is NC(=O)c1c(NCC(F)F)sc(C(=O)C2CC2)c1N. The number of anilines is 2. The summed E-state index contributed by atoms with van der Waals surface area (Å²) < 4.78 is 24.4. The summed E-state index contributed by atoms with van der Waals surface area (Å²) >= 11 is 0.913. The van der Waals surface area contributed by atoms with Gasteiger partial charge in [-0.25, -0.2) is 8.78 Å². The van der Waals surface area contributed by atoms with Gasteiger partial charge in [-0.3, -0.25) is 9.59 Å². The number of amides is 1. The summed E-state index contributed by atoms with van der Waals surface area (Å²) in [5.41, 5.74) is 10.8. The molecule has 0 radical (unpaired) electrons. The molecule has 0 saturated heterocycles. The molecule has 104 valence electrons. The average Bonchev–Trinajstić information content (AvgIpc) is 3.10. The van der Waals surface area contributed by atoms with E-state index in [0.717, 1.165) is 24.2 Å². The fourth-order valence-corrected chi connectivity index (χ4v) is 2.85. The van der Waals surface area contributed by atoms with Crippen molar-refractivity contribution in [3.8, 4) is 0 Å². The van der Waals surface area contributed by atoms with E-state index in [9.17, 15) is 18.4 Å². The van der Waals surface area contributed by atoms with Crippen molar-refractivity contribution in [3.63, 3.8) is 0 Å². The van der Waals surface area contributed by atoms with Crippen molar-refractivity contribution in [2.45, 2.75) is 19.3 Å². The Morgan fingerprint density at radius 3 is 2.53 bits per heavy atom. The van der Waals surface area contributed by atoms with Crippen molar-refractivity contribution in [2.75, 3.05) is 17.6 Å². The number of halogens is 2. The van der Waals surface area contributed by atoms with Gasteiger partial charge in [-0.1, -0.05) is 0 Å². The van der Waals surface area contributed by atoms with Gasteiger partial charge in [-0.2, -0.15) is 0 Å². The monoisotopic (exact) mass is 289 g/mol. The number of alkyl halides is 2. The van der Waals surface area contributed by atoms with E-state index in [1.54, 1.807) is 0 Å². The van der Waals surface area contributed by atoms with Gasteiger partial charge in [0, 0.05) is 5.92 Å². The van der Waals surface area contributed by atoms with Gasteiger partial charge in [0.1, 0.15) is 5.00 Å². The minimum Gasteiger partial charge on any atom is -0.397 e. The second-order valence-corrected chi connectivity index (χ2v) is 5.34. The van der Waals surface area contributed by atoms with Crippen molar-refractivity contribution in [1.29, 1.82) is 0 Å². The fraction of sp³-hybridized carbons (Fsp3) is 0.455. The number of ketones is 1. The first-order chi connectivity index (χ1) is 8.91. The van der Waals surface area contributed by atoms with Gasteiger partial charge in [-0.15, -0.1) is 11.3 Å². The summed E-state index contributed by atoms with van der Waals surface area (Å²) in [6, 6.07) is 0. The third-order valence-corrected chi connectivity index (χ3v) is 3.96. The molecule has 1 aliphatic carbocycles. The van der Waals surface area contributed by atoms with Gasteiger partial charge in [0.25, 0.3) is 12.3 Å². The van der Waals surface area contributed by atoms with Crippen LogP contribution >= 0.6 is 11.3 Å². The van der Waals surface area contributed by atoms with Crippen molar-refractivity contribution >= 4 is 33.7 Å². The molecule has 5 N–H and O–H groups in total. The summed E-state index contributed by atoms with van der Waals surface area (Å²) in [6.07, 6.45) is -0.990. The molecule has 0 atom stereocenters. The van der Waals surface area contributed by atoms with Crippen LogP contribution in [0.2, 0.25) is 0 Å². The second kappa shape index (κ2) is 5.12. The number of nitrogen functional groups attached to an aromatic ring is 1. The lowest BCUT2D eigenvalue weighted by atomic mass is 10.1. The minimum absolute atomic E-state index is 0.00818. The second-order valence-electron chi connectivity index (χ2n) is 4.32. The molecule has 1 aliphatic rings. The van der Waals surface area contributed by atoms with Crippen LogP contribution in [0.5, 0.6) is 0 Å². The van der Waals surface area contributed by atoms with Crippen LogP contribution in [0.4, 0.5) is 19.5 Å². The molecule has 2 rings (SSSR count). The zero-order valence-corrected chi connectivity index (χ0v) is 10.7. The predicted octanol–water partition coefficient (Wildman–Crippen LogP) is 1.70. The van der Waals surface area contributed by atoms with Crippen LogP contribution in [0, 0.1) is 5.92 Å². The number of carbonyl (C=O) groups is 2. The molecule has 0 aromatic carbocycles. The van der Waals surface area contributed by atoms with E-state index in [2.05, 4.69) is 5.32 Å². The van der Waals surface area contributed by atoms with Crippen LogP contribution in [-0.4, -0.2) is 24.7 Å².